The van der Waals surface area contributed by atoms with Crippen molar-refractivity contribution >= 4 is 11.4 Å². The summed E-state index contributed by atoms with van der Waals surface area (Å²) in [4.78, 5) is 0. The number of rotatable bonds is 4. The zero-order valence-electron chi connectivity index (χ0n) is 12.6. The van der Waals surface area contributed by atoms with E-state index in [1.165, 1.54) is 6.07 Å². The van der Waals surface area contributed by atoms with E-state index in [4.69, 9.17) is 11.1 Å². The molecule has 6 heteroatoms. The number of nitrogens with zero attached hydrogens (tertiary/aromatic N) is 2. The van der Waals surface area contributed by atoms with Crippen LogP contribution in [0.15, 0.2) is 70.9 Å². The molecule has 0 aliphatic heterocycles. The van der Waals surface area contributed by atoms with Crippen molar-refractivity contribution in [2.45, 2.75) is 0 Å². The molecule has 0 aliphatic carbocycles. The maximum Gasteiger partial charge on any atom is 0.134 e. The van der Waals surface area contributed by atoms with Gasteiger partial charge in [-0.15, -0.1) is 0 Å². The van der Waals surface area contributed by atoms with Crippen LogP contribution in [0.4, 0.5) is 11.4 Å². The minimum absolute atomic E-state index is 0.0374. The molecule has 0 fully saturated rings. The molecule has 0 aliphatic rings. The van der Waals surface area contributed by atoms with Gasteiger partial charge in [0, 0.05) is 5.56 Å². The summed E-state index contributed by atoms with van der Waals surface area (Å²) in [6.07, 6.45) is 0. The highest BCUT2D eigenvalue weighted by atomic mass is 16.3. The Labute approximate surface area is 138 Å². The fraction of sp³-hybridized carbons (Fsp3) is 0. The molecule has 4 N–H and O–H groups in total. The highest BCUT2D eigenvalue weighted by molar-refractivity contribution is 5.86. The molecule has 0 aromatic heterocycles. The van der Waals surface area contributed by atoms with Gasteiger partial charge in [-0.1, -0.05) is 24.3 Å². The Bertz CT molecular complexity index is 904. The van der Waals surface area contributed by atoms with Crippen LogP contribution < -0.4 is 0 Å². The summed E-state index contributed by atoms with van der Waals surface area (Å²) in [6.45, 7) is 0. The average molecular weight is 318 g/mol. The Hall–Kier alpha value is -3.54. The van der Waals surface area contributed by atoms with Gasteiger partial charge in [0.15, 0.2) is 0 Å². The Morgan fingerprint density at radius 3 is 1.62 bits per heavy atom. The third kappa shape index (κ3) is 2.72. The molecular formula is C18H14N4O2. The van der Waals surface area contributed by atoms with Crippen molar-refractivity contribution in [1.29, 1.82) is 11.1 Å². The molecule has 118 valence electrons. The molecule has 0 spiro atoms. The normalized spacial score (nSPS) is 10.3. The van der Waals surface area contributed by atoms with Crippen LogP contribution in [0, 0.1) is 11.1 Å². The molecule has 0 unspecified atom stereocenters. The van der Waals surface area contributed by atoms with Gasteiger partial charge in [-0.2, -0.15) is 10.2 Å². The lowest BCUT2D eigenvalue weighted by Crippen LogP contribution is -1.85. The summed E-state index contributed by atoms with van der Waals surface area (Å²) in [5, 5.41) is 27.5. The molecular weight excluding hydrogens is 304 g/mol. The largest absolute Gasteiger partial charge is 0.507 e. The second-order valence-corrected chi connectivity index (χ2v) is 5.17. The molecule has 0 bridgehead atoms. The SMILES string of the molecule is N=Nc1ccc(-c2ccc(O)c(-c3ccc(N=N)cc3)c2O)cc1. The van der Waals surface area contributed by atoms with E-state index >= 15 is 0 Å². The van der Waals surface area contributed by atoms with Gasteiger partial charge >= 0.3 is 0 Å². The zero-order valence-corrected chi connectivity index (χ0v) is 12.6. The van der Waals surface area contributed by atoms with Crippen LogP contribution in [0.2, 0.25) is 0 Å². The van der Waals surface area contributed by atoms with Crippen molar-refractivity contribution in [3.8, 4) is 33.8 Å². The molecule has 3 rings (SSSR count). The zero-order chi connectivity index (χ0) is 17.1. The number of phenols is 2. The van der Waals surface area contributed by atoms with Crippen molar-refractivity contribution in [3.05, 3.63) is 60.7 Å². The molecule has 24 heavy (non-hydrogen) atoms. The van der Waals surface area contributed by atoms with E-state index in [-0.39, 0.29) is 11.5 Å². The van der Waals surface area contributed by atoms with Crippen molar-refractivity contribution in [3.63, 3.8) is 0 Å². The van der Waals surface area contributed by atoms with E-state index in [0.717, 1.165) is 5.56 Å². The third-order valence-corrected chi connectivity index (χ3v) is 3.75. The topological polar surface area (TPSA) is 113 Å². The first-order chi connectivity index (χ1) is 11.6. The fourth-order valence-electron chi connectivity index (χ4n) is 2.52. The van der Waals surface area contributed by atoms with Crippen molar-refractivity contribution < 1.29 is 10.2 Å². The predicted octanol–water partition coefficient (Wildman–Crippen LogP) is 5.76. The van der Waals surface area contributed by atoms with E-state index in [9.17, 15) is 10.2 Å². The molecule has 3 aromatic carbocycles. The number of benzene rings is 3. The lowest BCUT2D eigenvalue weighted by Gasteiger charge is -2.12. The summed E-state index contributed by atoms with van der Waals surface area (Å²) in [6, 6.07) is 16.7. The van der Waals surface area contributed by atoms with Crippen LogP contribution in [0.5, 0.6) is 11.5 Å². The minimum Gasteiger partial charge on any atom is -0.507 e. The Morgan fingerprint density at radius 2 is 1.12 bits per heavy atom. The van der Waals surface area contributed by atoms with Gasteiger partial charge in [-0.05, 0) is 47.5 Å². The molecule has 0 atom stereocenters. The fourth-order valence-corrected chi connectivity index (χ4v) is 2.52. The standard InChI is InChI=1S/C18H14N4O2/c19-21-13-5-1-11(2-6-13)15-9-10-16(23)17(18(15)24)12-3-7-14(22-20)8-4-12/h1-10,19-20,23-24H. The van der Waals surface area contributed by atoms with Gasteiger partial charge in [0.25, 0.3) is 0 Å². The van der Waals surface area contributed by atoms with E-state index in [1.807, 2.05) is 0 Å². The van der Waals surface area contributed by atoms with E-state index < -0.39 is 0 Å². The first kappa shape index (κ1) is 15.4. The van der Waals surface area contributed by atoms with Gasteiger partial charge in [0.2, 0.25) is 0 Å². The van der Waals surface area contributed by atoms with Gasteiger partial charge in [-0.25, -0.2) is 11.1 Å². The minimum atomic E-state index is -0.0406. The highest BCUT2D eigenvalue weighted by Crippen LogP contribution is 2.44. The highest BCUT2D eigenvalue weighted by Gasteiger charge is 2.15. The Kier molecular flexibility index (Phi) is 4.03. The molecule has 6 nitrogen and oxygen atoms in total. The monoisotopic (exact) mass is 318 g/mol. The number of hydrogen-bond acceptors (Lipinski definition) is 6. The van der Waals surface area contributed by atoms with Gasteiger partial charge in [-0.3, -0.25) is 0 Å². The van der Waals surface area contributed by atoms with Gasteiger partial charge in [0.1, 0.15) is 11.5 Å². The number of hydrogen-bond donors (Lipinski definition) is 4. The third-order valence-electron chi connectivity index (χ3n) is 3.75. The summed E-state index contributed by atoms with van der Waals surface area (Å²) in [5.74, 6) is -0.0780. The summed E-state index contributed by atoms with van der Waals surface area (Å²) in [5.41, 5.74) is 17.2. The summed E-state index contributed by atoms with van der Waals surface area (Å²) in [7, 11) is 0. The van der Waals surface area contributed by atoms with E-state index in [0.29, 0.717) is 28.1 Å². The van der Waals surface area contributed by atoms with E-state index in [1.54, 1.807) is 54.6 Å². The van der Waals surface area contributed by atoms with Crippen molar-refractivity contribution in [2.75, 3.05) is 0 Å². The van der Waals surface area contributed by atoms with Crippen LogP contribution in [-0.4, -0.2) is 10.2 Å². The molecule has 0 radical (unpaired) electrons. The number of phenolic OH excluding ortho intramolecular Hbond substituents is 2. The molecule has 0 heterocycles. The van der Waals surface area contributed by atoms with Gasteiger partial charge in [0.05, 0.1) is 16.9 Å². The molecule has 0 saturated carbocycles. The van der Waals surface area contributed by atoms with Crippen LogP contribution in [0.3, 0.4) is 0 Å². The molecule has 3 aromatic rings. The quantitative estimate of drug-likeness (QED) is 0.458. The van der Waals surface area contributed by atoms with Crippen molar-refractivity contribution in [2.24, 2.45) is 10.2 Å². The first-order valence-electron chi connectivity index (χ1n) is 7.15. The van der Waals surface area contributed by atoms with Crippen LogP contribution in [0.1, 0.15) is 0 Å². The maximum atomic E-state index is 10.6. The second kappa shape index (κ2) is 6.29. The van der Waals surface area contributed by atoms with Crippen LogP contribution >= 0.6 is 0 Å². The second-order valence-electron chi connectivity index (χ2n) is 5.17. The first-order valence-corrected chi connectivity index (χ1v) is 7.15. The summed E-state index contributed by atoms with van der Waals surface area (Å²) < 4.78 is 0. The number of nitrogens with one attached hydrogen (secondary N) is 2. The summed E-state index contributed by atoms with van der Waals surface area (Å²) >= 11 is 0. The van der Waals surface area contributed by atoms with E-state index in [2.05, 4.69) is 10.2 Å². The molecule has 0 saturated heterocycles. The maximum absolute atomic E-state index is 10.6. The average Bonchev–Trinajstić information content (AvgIpc) is 2.63. The Balaban J connectivity index is 2.12. The number of aromatic hydroxyl groups is 2. The lowest BCUT2D eigenvalue weighted by molar-refractivity contribution is 0.455. The predicted molar refractivity (Wildman–Crippen MR) is 90.3 cm³/mol. The van der Waals surface area contributed by atoms with Crippen molar-refractivity contribution in [1.82, 2.24) is 0 Å². The molecule has 0 amide bonds. The Morgan fingerprint density at radius 1 is 0.625 bits per heavy atom. The lowest BCUT2D eigenvalue weighted by atomic mass is 9.96. The van der Waals surface area contributed by atoms with Crippen LogP contribution in [-0.2, 0) is 0 Å². The van der Waals surface area contributed by atoms with Gasteiger partial charge < -0.3 is 10.2 Å². The smallest absolute Gasteiger partial charge is 0.134 e. The van der Waals surface area contributed by atoms with Crippen LogP contribution in [0.25, 0.3) is 22.3 Å².